The second-order valence-corrected chi connectivity index (χ2v) is 6.42. The Hall–Kier alpha value is -2.34. The molecule has 0 unspecified atom stereocenters. The van der Waals surface area contributed by atoms with Gasteiger partial charge in [0.1, 0.15) is 11.2 Å². The van der Waals surface area contributed by atoms with Gasteiger partial charge in [0.25, 0.3) is 5.56 Å². The van der Waals surface area contributed by atoms with Gasteiger partial charge in [0.2, 0.25) is 0 Å². The highest BCUT2D eigenvalue weighted by atomic mass is 35.5. The van der Waals surface area contributed by atoms with E-state index in [1.807, 2.05) is 35.9 Å². The highest BCUT2D eigenvalue weighted by Gasteiger charge is 2.24. The number of fused-ring (bicyclic) bond motifs is 1. The molecule has 0 bridgehead atoms. The third-order valence-corrected chi connectivity index (χ3v) is 4.82. The van der Waals surface area contributed by atoms with E-state index in [4.69, 9.17) is 15.8 Å². The van der Waals surface area contributed by atoms with Gasteiger partial charge in [0, 0.05) is 11.3 Å². The van der Waals surface area contributed by atoms with E-state index in [0.29, 0.717) is 28.6 Å². The van der Waals surface area contributed by atoms with Gasteiger partial charge in [-0.1, -0.05) is 19.8 Å². The Morgan fingerprint density at radius 2 is 1.92 bits per heavy atom. The lowest BCUT2D eigenvalue weighted by molar-refractivity contribution is 0.474. The van der Waals surface area contributed by atoms with Gasteiger partial charge in [-0.3, -0.25) is 4.79 Å². The van der Waals surface area contributed by atoms with Crippen LogP contribution in [0.25, 0.3) is 22.4 Å². The number of nitrogens with one attached hydrogen (secondary N) is 1. The van der Waals surface area contributed by atoms with Crippen molar-refractivity contribution >= 4 is 29.1 Å². The Kier molecular flexibility index (Phi) is 4.81. The zero-order valence-electron chi connectivity index (χ0n) is 14.2. The lowest BCUT2D eigenvalue weighted by atomic mass is 10.2. The molecule has 132 valence electrons. The number of hydrogen-bond donors (Lipinski definition) is 2. The normalized spacial score (nSPS) is 14.8. The monoisotopic (exact) mass is 359 g/mol. The largest absolute Gasteiger partial charge is 0.399 e. The summed E-state index contributed by atoms with van der Waals surface area (Å²) in [7, 11) is 0. The molecule has 6 nitrogen and oxygen atoms in total. The molecule has 1 aromatic carbocycles. The fraction of sp³-hybridized carbons (Fsp3) is 0.389. The van der Waals surface area contributed by atoms with E-state index in [2.05, 4.69) is 4.98 Å². The molecule has 0 aliphatic heterocycles. The molecule has 1 aliphatic rings. The number of nitrogens with zero attached hydrogens (tertiary/aromatic N) is 3. The first kappa shape index (κ1) is 17.5. The summed E-state index contributed by atoms with van der Waals surface area (Å²) in [5, 5.41) is 5.34. The summed E-state index contributed by atoms with van der Waals surface area (Å²) >= 11 is 0. The van der Waals surface area contributed by atoms with Crippen LogP contribution >= 0.6 is 12.4 Å². The number of aromatic nitrogens is 4. The van der Waals surface area contributed by atoms with Crippen molar-refractivity contribution in [1.29, 1.82) is 0 Å². The molecule has 1 fully saturated rings. The summed E-state index contributed by atoms with van der Waals surface area (Å²) in [6.07, 6.45) is 5.35. The number of halogens is 1. The number of aryl methyl sites for hydroxylation is 1. The SMILES string of the molecule is CCc1nn(C2CCCC2)c2nc(-c3ccc(N)cc3)[nH]c(=O)c12.Cl. The van der Waals surface area contributed by atoms with Crippen LogP contribution in [0.4, 0.5) is 5.69 Å². The molecule has 4 rings (SSSR count). The fourth-order valence-corrected chi connectivity index (χ4v) is 3.54. The van der Waals surface area contributed by atoms with Gasteiger partial charge in [0.15, 0.2) is 5.65 Å². The Balaban J connectivity index is 0.00000182. The maximum absolute atomic E-state index is 12.7. The average molecular weight is 360 g/mol. The highest BCUT2D eigenvalue weighted by Crippen LogP contribution is 2.32. The molecule has 0 saturated heterocycles. The molecular formula is C18H22ClN5O. The molecule has 25 heavy (non-hydrogen) atoms. The van der Waals surface area contributed by atoms with Gasteiger partial charge in [-0.25, -0.2) is 9.67 Å². The van der Waals surface area contributed by atoms with E-state index in [9.17, 15) is 4.79 Å². The van der Waals surface area contributed by atoms with Gasteiger partial charge in [-0.2, -0.15) is 5.10 Å². The summed E-state index contributed by atoms with van der Waals surface area (Å²) in [5.41, 5.74) is 8.69. The van der Waals surface area contributed by atoms with Crippen molar-refractivity contribution in [2.24, 2.45) is 0 Å². The molecule has 2 heterocycles. The van der Waals surface area contributed by atoms with Gasteiger partial charge in [-0.15, -0.1) is 12.4 Å². The topological polar surface area (TPSA) is 89.6 Å². The molecule has 2 aromatic heterocycles. The average Bonchev–Trinajstić information content (AvgIpc) is 3.22. The molecule has 7 heteroatoms. The molecule has 3 aromatic rings. The number of rotatable bonds is 3. The molecule has 1 saturated carbocycles. The first-order chi connectivity index (χ1) is 11.7. The van der Waals surface area contributed by atoms with Gasteiger partial charge in [-0.05, 0) is 43.5 Å². The summed E-state index contributed by atoms with van der Waals surface area (Å²) < 4.78 is 1.98. The molecular weight excluding hydrogens is 338 g/mol. The van der Waals surface area contributed by atoms with E-state index in [0.717, 1.165) is 30.5 Å². The van der Waals surface area contributed by atoms with Crippen LogP contribution in [0.5, 0.6) is 0 Å². The lowest BCUT2D eigenvalue weighted by Gasteiger charge is -2.11. The summed E-state index contributed by atoms with van der Waals surface area (Å²) in [4.78, 5) is 20.3. The van der Waals surface area contributed by atoms with Crippen molar-refractivity contribution in [3.63, 3.8) is 0 Å². The zero-order valence-corrected chi connectivity index (χ0v) is 15.0. The Morgan fingerprint density at radius 3 is 2.56 bits per heavy atom. The first-order valence-electron chi connectivity index (χ1n) is 8.54. The van der Waals surface area contributed by atoms with Crippen LogP contribution in [0, 0.1) is 0 Å². The number of aromatic amines is 1. The summed E-state index contributed by atoms with van der Waals surface area (Å²) in [5.74, 6) is 0.564. The minimum atomic E-state index is -0.118. The third-order valence-electron chi connectivity index (χ3n) is 4.82. The molecule has 0 amide bonds. The predicted molar refractivity (Wildman–Crippen MR) is 102 cm³/mol. The van der Waals surface area contributed by atoms with Crippen LogP contribution in [0.3, 0.4) is 0 Å². The molecule has 1 aliphatic carbocycles. The number of nitrogens with two attached hydrogens (primary N) is 1. The Morgan fingerprint density at radius 1 is 1.24 bits per heavy atom. The number of hydrogen-bond acceptors (Lipinski definition) is 4. The van der Waals surface area contributed by atoms with Crippen LogP contribution in [0.15, 0.2) is 29.1 Å². The second kappa shape index (κ2) is 6.88. The maximum Gasteiger partial charge on any atom is 0.262 e. The van der Waals surface area contributed by atoms with E-state index in [1.165, 1.54) is 12.8 Å². The van der Waals surface area contributed by atoms with E-state index < -0.39 is 0 Å². The van der Waals surface area contributed by atoms with Crippen molar-refractivity contribution in [1.82, 2.24) is 19.7 Å². The van der Waals surface area contributed by atoms with Crippen LogP contribution in [-0.2, 0) is 6.42 Å². The highest BCUT2D eigenvalue weighted by molar-refractivity contribution is 5.85. The van der Waals surface area contributed by atoms with E-state index in [1.54, 1.807) is 0 Å². The van der Waals surface area contributed by atoms with Crippen molar-refractivity contribution in [3.8, 4) is 11.4 Å². The molecule has 0 radical (unpaired) electrons. The van der Waals surface area contributed by atoms with Crippen molar-refractivity contribution in [2.75, 3.05) is 5.73 Å². The molecule has 0 spiro atoms. The smallest absolute Gasteiger partial charge is 0.262 e. The minimum Gasteiger partial charge on any atom is -0.399 e. The molecule has 0 atom stereocenters. The summed E-state index contributed by atoms with van der Waals surface area (Å²) in [6, 6.07) is 7.71. The van der Waals surface area contributed by atoms with Crippen molar-refractivity contribution < 1.29 is 0 Å². The Labute approximate surface area is 151 Å². The third kappa shape index (κ3) is 3.02. The van der Waals surface area contributed by atoms with E-state index >= 15 is 0 Å². The summed E-state index contributed by atoms with van der Waals surface area (Å²) in [6.45, 7) is 2.02. The van der Waals surface area contributed by atoms with Crippen LogP contribution in [0.1, 0.15) is 44.3 Å². The standard InChI is InChI=1S/C18H21N5O.ClH/c1-2-14-15-17(23(22-14)13-5-3-4-6-13)20-16(21-18(15)24)11-7-9-12(19)10-8-11;/h7-10,13H,2-6,19H2,1H3,(H,20,21,24);1H. The fourth-order valence-electron chi connectivity index (χ4n) is 3.54. The van der Waals surface area contributed by atoms with Crippen molar-refractivity contribution in [3.05, 3.63) is 40.3 Å². The van der Waals surface area contributed by atoms with E-state index in [-0.39, 0.29) is 18.0 Å². The number of nitrogen functional groups attached to an aromatic ring is 1. The van der Waals surface area contributed by atoms with Crippen molar-refractivity contribution in [2.45, 2.75) is 45.1 Å². The van der Waals surface area contributed by atoms with Gasteiger partial charge in [0.05, 0.1) is 11.7 Å². The lowest BCUT2D eigenvalue weighted by Crippen LogP contribution is -2.12. The van der Waals surface area contributed by atoms with Gasteiger partial charge < -0.3 is 10.7 Å². The van der Waals surface area contributed by atoms with Crippen LogP contribution in [-0.4, -0.2) is 19.7 Å². The van der Waals surface area contributed by atoms with Gasteiger partial charge >= 0.3 is 0 Å². The molecule has 3 N–H and O–H groups in total. The number of anilines is 1. The second-order valence-electron chi connectivity index (χ2n) is 6.42. The number of benzene rings is 1. The zero-order chi connectivity index (χ0) is 16.7. The maximum atomic E-state index is 12.7. The number of H-pyrrole nitrogens is 1. The minimum absolute atomic E-state index is 0. The van der Waals surface area contributed by atoms with Crippen LogP contribution < -0.4 is 11.3 Å². The quantitative estimate of drug-likeness (QED) is 0.700. The first-order valence-corrected chi connectivity index (χ1v) is 8.54. The van der Waals surface area contributed by atoms with Crippen LogP contribution in [0.2, 0.25) is 0 Å². The Bertz CT molecular complexity index is 938. The predicted octanol–water partition coefficient (Wildman–Crippen LogP) is 3.47.